The van der Waals surface area contributed by atoms with Gasteiger partial charge in [0.1, 0.15) is 0 Å². The van der Waals surface area contributed by atoms with E-state index in [0.29, 0.717) is 6.10 Å². The molecule has 0 spiro atoms. The largest absolute Gasteiger partial charge is 0.379 e. The maximum Gasteiger partial charge on any atom is 0.0518 e. The average Bonchev–Trinajstić information content (AvgIpc) is 2.30. The summed E-state index contributed by atoms with van der Waals surface area (Å²) in [6.07, 6.45) is 15.9. The monoisotopic (exact) mass is 242 g/mol. The number of hydrogen-bond donors (Lipinski definition) is 0. The molecule has 0 fully saturated rings. The van der Waals surface area contributed by atoms with Crippen LogP contribution in [0.25, 0.3) is 0 Å². The molecule has 0 unspecified atom stereocenters. The Hall–Kier alpha value is -0.0400. The first kappa shape index (κ1) is 17.0. The molecule has 0 bridgehead atoms. The SMILES string of the molecule is CCCCCCCCCCCCCOC(C)C. The lowest BCUT2D eigenvalue weighted by molar-refractivity contribution is 0.0756. The van der Waals surface area contributed by atoms with Crippen LogP contribution in [0.3, 0.4) is 0 Å². The van der Waals surface area contributed by atoms with Gasteiger partial charge in [-0.1, -0.05) is 71.1 Å². The summed E-state index contributed by atoms with van der Waals surface area (Å²) in [5, 5.41) is 0. The number of hydrogen-bond acceptors (Lipinski definition) is 1. The second kappa shape index (κ2) is 14.0. The third-order valence-electron chi connectivity index (χ3n) is 3.20. The fraction of sp³-hybridized carbons (Fsp3) is 1.00. The molecule has 0 amide bonds. The molecule has 0 aromatic heterocycles. The van der Waals surface area contributed by atoms with Crippen LogP contribution in [0.2, 0.25) is 0 Å². The summed E-state index contributed by atoms with van der Waals surface area (Å²) < 4.78 is 5.52. The Morgan fingerprint density at radius 3 is 1.47 bits per heavy atom. The van der Waals surface area contributed by atoms with Gasteiger partial charge in [-0.3, -0.25) is 0 Å². The Balaban J connectivity index is 2.89. The van der Waals surface area contributed by atoms with E-state index in [1.807, 2.05) is 0 Å². The van der Waals surface area contributed by atoms with E-state index in [1.165, 1.54) is 70.6 Å². The summed E-state index contributed by atoms with van der Waals surface area (Å²) in [4.78, 5) is 0. The lowest BCUT2D eigenvalue weighted by Gasteiger charge is -2.06. The van der Waals surface area contributed by atoms with Crippen molar-refractivity contribution in [2.45, 2.75) is 97.5 Å². The van der Waals surface area contributed by atoms with Gasteiger partial charge in [0.2, 0.25) is 0 Å². The van der Waals surface area contributed by atoms with Crippen molar-refractivity contribution in [3.63, 3.8) is 0 Å². The molecule has 1 nitrogen and oxygen atoms in total. The van der Waals surface area contributed by atoms with E-state index in [0.717, 1.165) is 6.61 Å². The Bertz CT molecular complexity index is 131. The summed E-state index contributed by atoms with van der Waals surface area (Å²) in [6.45, 7) is 7.45. The predicted octanol–water partition coefficient (Wildman–Crippen LogP) is 5.72. The molecule has 0 aromatic rings. The molecule has 0 heterocycles. The van der Waals surface area contributed by atoms with E-state index >= 15 is 0 Å². The van der Waals surface area contributed by atoms with E-state index in [2.05, 4.69) is 20.8 Å². The molecule has 0 aliphatic rings. The van der Waals surface area contributed by atoms with E-state index in [-0.39, 0.29) is 0 Å². The second-order valence-corrected chi connectivity index (χ2v) is 5.46. The first-order chi connectivity index (χ1) is 8.27. The highest BCUT2D eigenvalue weighted by atomic mass is 16.5. The predicted molar refractivity (Wildman–Crippen MR) is 77.5 cm³/mol. The minimum atomic E-state index is 0.401. The fourth-order valence-corrected chi connectivity index (χ4v) is 2.09. The van der Waals surface area contributed by atoms with Crippen molar-refractivity contribution in [1.29, 1.82) is 0 Å². The molecule has 0 saturated carbocycles. The fourth-order valence-electron chi connectivity index (χ4n) is 2.09. The maximum atomic E-state index is 5.52. The van der Waals surface area contributed by atoms with Crippen LogP contribution >= 0.6 is 0 Å². The van der Waals surface area contributed by atoms with Gasteiger partial charge in [0.25, 0.3) is 0 Å². The average molecular weight is 242 g/mol. The zero-order valence-corrected chi connectivity index (χ0v) is 12.5. The Morgan fingerprint density at radius 2 is 1.06 bits per heavy atom. The van der Waals surface area contributed by atoms with Crippen LogP contribution in [-0.2, 0) is 4.74 Å². The van der Waals surface area contributed by atoms with Crippen molar-refractivity contribution in [1.82, 2.24) is 0 Å². The molecule has 0 aliphatic carbocycles. The molecule has 17 heavy (non-hydrogen) atoms. The topological polar surface area (TPSA) is 9.23 Å². The van der Waals surface area contributed by atoms with Crippen molar-refractivity contribution in [2.24, 2.45) is 0 Å². The third-order valence-corrected chi connectivity index (χ3v) is 3.20. The first-order valence-electron chi connectivity index (χ1n) is 7.89. The molecule has 0 saturated heterocycles. The van der Waals surface area contributed by atoms with Crippen molar-refractivity contribution in [2.75, 3.05) is 6.61 Å². The number of ether oxygens (including phenoxy) is 1. The highest BCUT2D eigenvalue weighted by Gasteiger charge is 1.94. The molecule has 104 valence electrons. The summed E-state index contributed by atoms with van der Waals surface area (Å²) in [7, 11) is 0. The van der Waals surface area contributed by atoms with Crippen molar-refractivity contribution in [3.8, 4) is 0 Å². The first-order valence-corrected chi connectivity index (χ1v) is 7.89. The number of rotatable bonds is 13. The second-order valence-electron chi connectivity index (χ2n) is 5.46. The van der Waals surface area contributed by atoms with Crippen molar-refractivity contribution in [3.05, 3.63) is 0 Å². The third kappa shape index (κ3) is 16.0. The van der Waals surface area contributed by atoms with Gasteiger partial charge in [-0.25, -0.2) is 0 Å². The van der Waals surface area contributed by atoms with Crippen LogP contribution in [0.1, 0.15) is 91.4 Å². The van der Waals surface area contributed by atoms with Crippen LogP contribution in [0.5, 0.6) is 0 Å². The zero-order chi connectivity index (χ0) is 12.8. The van der Waals surface area contributed by atoms with Crippen LogP contribution in [0.15, 0.2) is 0 Å². The van der Waals surface area contributed by atoms with E-state index < -0.39 is 0 Å². The molecule has 0 radical (unpaired) electrons. The van der Waals surface area contributed by atoms with Crippen LogP contribution in [0.4, 0.5) is 0 Å². The van der Waals surface area contributed by atoms with Gasteiger partial charge < -0.3 is 4.74 Å². The molecule has 1 heteroatoms. The molecule has 0 aromatic carbocycles. The van der Waals surface area contributed by atoms with Gasteiger partial charge in [0.05, 0.1) is 6.10 Å². The minimum absolute atomic E-state index is 0.401. The standard InChI is InChI=1S/C16H34O/c1-4-5-6-7-8-9-10-11-12-13-14-15-17-16(2)3/h16H,4-15H2,1-3H3. The van der Waals surface area contributed by atoms with E-state index in [9.17, 15) is 0 Å². The maximum absolute atomic E-state index is 5.52. The normalized spacial score (nSPS) is 11.3. The molecule has 0 atom stereocenters. The van der Waals surface area contributed by atoms with Gasteiger partial charge in [-0.05, 0) is 20.3 Å². The minimum Gasteiger partial charge on any atom is -0.379 e. The Labute approximate surface area is 109 Å². The smallest absolute Gasteiger partial charge is 0.0518 e. The quantitative estimate of drug-likeness (QED) is 0.375. The molecule has 0 rings (SSSR count). The van der Waals surface area contributed by atoms with Crippen LogP contribution in [0, 0.1) is 0 Å². The van der Waals surface area contributed by atoms with Crippen molar-refractivity contribution >= 4 is 0 Å². The van der Waals surface area contributed by atoms with E-state index in [4.69, 9.17) is 4.74 Å². The summed E-state index contributed by atoms with van der Waals surface area (Å²) in [5.74, 6) is 0. The lowest BCUT2D eigenvalue weighted by Crippen LogP contribution is -2.03. The molecule has 0 N–H and O–H groups in total. The van der Waals surface area contributed by atoms with Crippen LogP contribution < -0.4 is 0 Å². The molecular formula is C16H34O. The van der Waals surface area contributed by atoms with Gasteiger partial charge in [-0.15, -0.1) is 0 Å². The van der Waals surface area contributed by atoms with E-state index in [1.54, 1.807) is 0 Å². The van der Waals surface area contributed by atoms with Gasteiger partial charge in [0.15, 0.2) is 0 Å². The zero-order valence-electron chi connectivity index (χ0n) is 12.5. The van der Waals surface area contributed by atoms with Crippen LogP contribution in [-0.4, -0.2) is 12.7 Å². The summed E-state index contributed by atoms with van der Waals surface area (Å²) in [5.41, 5.74) is 0. The molecular weight excluding hydrogens is 208 g/mol. The summed E-state index contributed by atoms with van der Waals surface area (Å²) in [6, 6.07) is 0. The highest BCUT2D eigenvalue weighted by Crippen LogP contribution is 2.11. The van der Waals surface area contributed by atoms with Gasteiger partial charge in [-0.2, -0.15) is 0 Å². The number of unbranched alkanes of at least 4 members (excludes halogenated alkanes) is 10. The highest BCUT2D eigenvalue weighted by molar-refractivity contribution is 4.48. The van der Waals surface area contributed by atoms with Gasteiger partial charge >= 0.3 is 0 Å². The van der Waals surface area contributed by atoms with Crippen molar-refractivity contribution < 1.29 is 4.74 Å². The van der Waals surface area contributed by atoms with Gasteiger partial charge in [0, 0.05) is 6.61 Å². The summed E-state index contributed by atoms with van der Waals surface area (Å²) >= 11 is 0. The Morgan fingerprint density at radius 1 is 0.647 bits per heavy atom. The lowest BCUT2D eigenvalue weighted by atomic mass is 10.1. The molecule has 0 aliphatic heterocycles. The Kier molecular flexibility index (Phi) is 14.0.